The minimum Gasteiger partial charge on any atom is -0.357 e. The molecule has 0 radical (unpaired) electrons. The van der Waals surface area contributed by atoms with Crippen molar-refractivity contribution in [1.29, 1.82) is 0 Å². The van der Waals surface area contributed by atoms with Gasteiger partial charge in [0.2, 0.25) is 5.82 Å². The van der Waals surface area contributed by atoms with Crippen LogP contribution in [-0.2, 0) is 0 Å². The highest BCUT2D eigenvalue weighted by Crippen LogP contribution is 2.25. The standard InChI is InChI=1S/C22H29N5O2/c1-16-9-13-27(14-10-16)19-15-18(8-12-23-19)20-25-22(29-26-20)21(28)24-11-7-17-5-3-2-4-6-17/h5,8,12,15-16H,2-4,6-7,9-11,13-14H2,1H3,(H,24,28). The predicted molar refractivity (Wildman–Crippen MR) is 112 cm³/mol. The van der Waals surface area contributed by atoms with Gasteiger partial charge in [-0.15, -0.1) is 0 Å². The highest BCUT2D eigenvalue weighted by atomic mass is 16.5. The molecule has 1 fully saturated rings. The van der Waals surface area contributed by atoms with Gasteiger partial charge >= 0.3 is 11.8 Å². The molecule has 0 saturated carbocycles. The number of nitrogens with one attached hydrogen (secondary N) is 1. The van der Waals surface area contributed by atoms with Crippen LogP contribution in [0.2, 0.25) is 0 Å². The van der Waals surface area contributed by atoms with Gasteiger partial charge in [0, 0.05) is 31.4 Å². The number of carbonyl (C=O) groups is 1. The molecule has 1 N–H and O–H groups in total. The average molecular weight is 396 g/mol. The fraction of sp³-hybridized carbons (Fsp3) is 0.545. The molecule has 0 spiro atoms. The summed E-state index contributed by atoms with van der Waals surface area (Å²) in [6.07, 6.45) is 12.1. The van der Waals surface area contributed by atoms with Gasteiger partial charge in [-0.1, -0.05) is 23.7 Å². The predicted octanol–water partition coefficient (Wildman–Crippen LogP) is 3.99. The van der Waals surface area contributed by atoms with Crippen LogP contribution in [0.15, 0.2) is 34.5 Å². The summed E-state index contributed by atoms with van der Waals surface area (Å²) in [7, 11) is 0. The second-order valence-corrected chi connectivity index (χ2v) is 8.11. The minimum absolute atomic E-state index is 0.00258. The first-order valence-corrected chi connectivity index (χ1v) is 10.7. The summed E-state index contributed by atoms with van der Waals surface area (Å²) in [4.78, 5) is 23.4. The van der Waals surface area contributed by atoms with Gasteiger partial charge < -0.3 is 14.7 Å². The SMILES string of the molecule is CC1CCN(c2cc(-c3noc(C(=O)NCCC4=CCCCC4)n3)ccn2)CC1. The van der Waals surface area contributed by atoms with Crippen LogP contribution in [0.1, 0.15) is 62.6 Å². The molecule has 2 aromatic rings. The van der Waals surface area contributed by atoms with E-state index >= 15 is 0 Å². The van der Waals surface area contributed by atoms with Crippen molar-refractivity contribution in [3.8, 4) is 11.4 Å². The van der Waals surface area contributed by atoms with Crippen molar-refractivity contribution in [2.45, 2.75) is 51.9 Å². The number of carbonyl (C=O) groups excluding carboxylic acids is 1. The topological polar surface area (TPSA) is 84.2 Å². The Morgan fingerprint density at radius 1 is 1.31 bits per heavy atom. The minimum atomic E-state index is -0.320. The Morgan fingerprint density at radius 2 is 2.17 bits per heavy atom. The monoisotopic (exact) mass is 395 g/mol. The van der Waals surface area contributed by atoms with Crippen LogP contribution in [-0.4, -0.2) is 40.7 Å². The van der Waals surface area contributed by atoms with E-state index in [0.29, 0.717) is 12.4 Å². The summed E-state index contributed by atoms with van der Waals surface area (Å²) in [6.45, 7) is 4.90. The van der Waals surface area contributed by atoms with E-state index in [1.807, 2.05) is 12.1 Å². The molecular formula is C22H29N5O2. The molecule has 1 aliphatic heterocycles. The maximum absolute atomic E-state index is 12.3. The Balaban J connectivity index is 1.36. The number of nitrogens with zero attached hydrogens (tertiary/aromatic N) is 4. The lowest BCUT2D eigenvalue weighted by Gasteiger charge is -2.31. The third-order valence-corrected chi connectivity index (χ3v) is 5.85. The van der Waals surface area contributed by atoms with Crippen molar-refractivity contribution in [2.75, 3.05) is 24.5 Å². The van der Waals surface area contributed by atoms with Crippen LogP contribution < -0.4 is 10.2 Å². The van der Waals surface area contributed by atoms with Gasteiger partial charge in [-0.3, -0.25) is 4.79 Å². The first-order chi connectivity index (χ1) is 14.2. The van der Waals surface area contributed by atoms with Crippen molar-refractivity contribution < 1.29 is 9.32 Å². The number of amides is 1. The molecule has 154 valence electrons. The number of pyridine rings is 1. The van der Waals surface area contributed by atoms with Gasteiger partial charge in [-0.25, -0.2) is 4.98 Å². The Kier molecular flexibility index (Phi) is 6.22. The van der Waals surface area contributed by atoms with E-state index < -0.39 is 0 Å². The normalized spacial score (nSPS) is 17.8. The van der Waals surface area contributed by atoms with Gasteiger partial charge in [-0.05, 0) is 63.0 Å². The van der Waals surface area contributed by atoms with E-state index in [1.54, 1.807) is 6.20 Å². The maximum Gasteiger partial charge on any atom is 0.316 e. The number of piperidine rings is 1. The molecule has 2 aromatic heterocycles. The third-order valence-electron chi connectivity index (χ3n) is 5.85. The molecule has 1 aliphatic carbocycles. The number of aromatic nitrogens is 3. The number of rotatable bonds is 6. The molecule has 4 rings (SSSR count). The van der Waals surface area contributed by atoms with Crippen LogP contribution in [0, 0.1) is 5.92 Å². The molecule has 7 nitrogen and oxygen atoms in total. The quantitative estimate of drug-likeness (QED) is 0.745. The van der Waals surface area contributed by atoms with Gasteiger partial charge in [0.25, 0.3) is 0 Å². The highest BCUT2D eigenvalue weighted by molar-refractivity contribution is 5.89. The summed E-state index contributed by atoms with van der Waals surface area (Å²) in [5.41, 5.74) is 2.24. The lowest BCUT2D eigenvalue weighted by molar-refractivity contribution is 0.0910. The Morgan fingerprint density at radius 3 is 2.97 bits per heavy atom. The largest absolute Gasteiger partial charge is 0.357 e. The highest BCUT2D eigenvalue weighted by Gasteiger charge is 2.19. The molecule has 0 aromatic carbocycles. The summed E-state index contributed by atoms with van der Waals surface area (Å²) in [5, 5.41) is 6.88. The van der Waals surface area contributed by atoms with Crippen LogP contribution in [0.5, 0.6) is 0 Å². The smallest absolute Gasteiger partial charge is 0.316 e. The number of hydrogen-bond donors (Lipinski definition) is 1. The van der Waals surface area contributed by atoms with Crippen molar-refractivity contribution in [1.82, 2.24) is 20.4 Å². The van der Waals surface area contributed by atoms with Gasteiger partial charge in [0.05, 0.1) is 0 Å². The first kappa shape index (κ1) is 19.6. The zero-order chi connectivity index (χ0) is 20.1. The number of hydrogen-bond acceptors (Lipinski definition) is 6. The van der Waals surface area contributed by atoms with Crippen molar-refractivity contribution in [2.24, 2.45) is 5.92 Å². The second kappa shape index (κ2) is 9.20. The summed E-state index contributed by atoms with van der Waals surface area (Å²) < 4.78 is 5.20. The maximum atomic E-state index is 12.3. The zero-order valence-electron chi connectivity index (χ0n) is 17.1. The summed E-state index contributed by atoms with van der Waals surface area (Å²) >= 11 is 0. The molecule has 0 atom stereocenters. The second-order valence-electron chi connectivity index (χ2n) is 8.11. The lowest BCUT2D eigenvalue weighted by atomic mass is 9.97. The fourth-order valence-electron chi connectivity index (χ4n) is 3.94. The zero-order valence-corrected chi connectivity index (χ0v) is 17.1. The molecule has 3 heterocycles. The Hall–Kier alpha value is -2.70. The molecule has 0 bridgehead atoms. The van der Waals surface area contributed by atoms with Crippen molar-refractivity contribution in [3.05, 3.63) is 35.9 Å². The van der Waals surface area contributed by atoms with E-state index in [2.05, 4.69) is 38.3 Å². The number of anilines is 1. The van der Waals surface area contributed by atoms with E-state index in [-0.39, 0.29) is 11.8 Å². The lowest BCUT2D eigenvalue weighted by Crippen LogP contribution is -2.33. The Labute approximate surface area is 171 Å². The van der Waals surface area contributed by atoms with E-state index in [9.17, 15) is 4.79 Å². The van der Waals surface area contributed by atoms with E-state index in [4.69, 9.17) is 4.52 Å². The first-order valence-electron chi connectivity index (χ1n) is 10.7. The average Bonchev–Trinajstić information content (AvgIpc) is 3.26. The summed E-state index contributed by atoms with van der Waals surface area (Å²) in [5.74, 6) is 1.79. The van der Waals surface area contributed by atoms with Gasteiger partial charge in [0.1, 0.15) is 5.82 Å². The molecular weight excluding hydrogens is 366 g/mol. The molecule has 29 heavy (non-hydrogen) atoms. The van der Waals surface area contributed by atoms with Gasteiger partial charge in [-0.2, -0.15) is 4.98 Å². The van der Waals surface area contributed by atoms with Crippen molar-refractivity contribution in [3.63, 3.8) is 0 Å². The summed E-state index contributed by atoms with van der Waals surface area (Å²) in [6, 6.07) is 3.82. The molecule has 7 heteroatoms. The number of allylic oxidation sites excluding steroid dienone is 1. The van der Waals surface area contributed by atoms with Crippen molar-refractivity contribution >= 4 is 11.7 Å². The van der Waals surface area contributed by atoms with Crippen LogP contribution >= 0.6 is 0 Å². The molecule has 0 unspecified atom stereocenters. The Bertz CT molecular complexity index is 868. The fourth-order valence-corrected chi connectivity index (χ4v) is 3.94. The van der Waals surface area contributed by atoms with Crippen LogP contribution in [0.25, 0.3) is 11.4 Å². The third kappa shape index (κ3) is 5.02. The van der Waals surface area contributed by atoms with Crippen LogP contribution in [0.4, 0.5) is 5.82 Å². The molecule has 1 amide bonds. The van der Waals surface area contributed by atoms with Gasteiger partial charge in [0.15, 0.2) is 0 Å². The van der Waals surface area contributed by atoms with E-state index in [1.165, 1.54) is 31.3 Å². The molecule has 1 saturated heterocycles. The van der Waals surface area contributed by atoms with E-state index in [0.717, 1.165) is 49.7 Å². The molecule has 2 aliphatic rings. The van der Waals surface area contributed by atoms with Crippen LogP contribution in [0.3, 0.4) is 0 Å².